The highest BCUT2D eigenvalue weighted by Gasteiger charge is 2.05. The summed E-state index contributed by atoms with van der Waals surface area (Å²) in [5.74, 6) is 0.578. The second-order valence-electron chi connectivity index (χ2n) is 4.01. The van der Waals surface area contributed by atoms with Crippen molar-refractivity contribution in [3.8, 4) is 11.4 Å². The van der Waals surface area contributed by atoms with Crippen LogP contribution < -0.4 is 5.32 Å². The van der Waals surface area contributed by atoms with E-state index in [0.717, 1.165) is 22.1 Å². The van der Waals surface area contributed by atoms with Gasteiger partial charge in [-0.25, -0.2) is 15.0 Å². The molecule has 0 aliphatic carbocycles. The van der Waals surface area contributed by atoms with Crippen molar-refractivity contribution < 1.29 is 0 Å². The molecule has 0 saturated carbocycles. The lowest BCUT2D eigenvalue weighted by Gasteiger charge is -2.05. The first-order valence-corrected chi connectivity index (χ1v) is 6.77. The van der Waals surface area contributed by atoms with Crippen LogP contribution in [0.1, 0.15) is 5.01 Å². The lowest BCUT2D eigenvalue weighted by Crippen LogP contribution is -1.97. The summed E-state index contributed by atoms with van der Waals surface area (Å²) >= 11 is 1.62. The van der Waals surface area contributed by atoms with Crippen LogP contribution in [0.5, 0.6) is 0 Å². The van der Waals surface area contributed by atoms with Crippen LogP contribution in [0, 0.1) is 6.92 Å². The van der Waals surface area contributed by atoms with Crippen molar-refractivity contribution in [1.82, 2.24) is 15.0 Å². The molecule has 0 fully saturated rings. The number of anilines is 2. The van der Waals surface area contributed by atoms with E-state index in [1.54, 1.807) is 17.5 Å². The lowest BCUT2D eigenvalue weighted by molar-refractivity contribution is 1.15. The third-order valence-corrected chi connectivity index (χ3v) is 3.34. The molecular weight excluding hydrogens is 256 g/mol. The van der Waals surface area contributed by atoms with E-state index in [-0.39, 0.29) is 0 Å². The molecule has 94 valence electrons. The summed E-state index contributed by atoms with van der Waals surface area (Å²) in [6, 6.07) is 11.7. The summed E-state index contributed by atoms with van der Waals surface area (Å²) in [6.45, 7) is 1.98. The first kappa shape index (κ1) is 11.8. The minimum Gasteiger partial charge on any atom is -0.324 e. The van der Waals surface area contributed by atoms with Gasteiger partial charge in [-0.15, -0.1) is 11.3 Å². The number of thiazole rings is 1. The minimum absolute atomic E-state index is 0.578. The molecule has 0 bridgehead atoms. The van der Waals surface area contributed by atoms with Crippen molar-refractivity contribution in [1.29, 1.82) is 0 Å². The topological polar surface area (TPSA) is 50.7 Å². The summed E-state index contributed by atoms with van der Waals surface area (Å²) in [5.41, 5.74) is 2.69. The second-order valence-corrected chi connectivity index (χ2v) is 5.07. The van der Waals surface area contributed by atoms with Gasteiger partial charge >= 0.3 is 0 Å². The second kappa shape index (κ2) is 5.16. The lowest BCUT2D eigenvalue weighted by atomic mass is 10.3. The van der Waals surface area contributed by atoms with Crippen LogP contribution in [0.4, 0.5) is 11.6 Å². The molecule has 2 heterocycles. The van der Waals surface area contributed by atoms with Gasteiger partial charge in [0.05, 0.1) is 10.7 Å². The van der Waals surface area contributed by atoms with Gasteiger partial charge in [-0.05, 0) is 25.1 Å². The zero-order valence-corrected chi connectivity index (χ0v) is 11.2. The van der Waals surface area contributed by atoms with Crippen molar-refractivity contribution in [3.63, 3.8) is 0 Å². The number of para-hydroxylation sites is 1. The fourth-order valence-corrected chi connectivity index (χ4v) is 2.30. The molecule has 4 nitrogen and oxygen atoms in total. The molecule has 3 aromatic rings. The van der Waals surface area contributed by atoms with E-state index in [0.29, 0.717) is 5.95 Å². The van der Waals surface area contributed by atoms with Gasteiger partial charge in [0.2, 0.25) is 5.95 Å². The summed E-state index contributed by atoms with van der Waals surface area (Å²) < 4.78 is 0. The molecule has 1 N–H and O–H groups in total. The van der Waals surface area contributed by atoms with Crippen LogP contribution in [0.25, 0.3) is 11.4 Å². The Balaban J connectivity index is 1.88. The molecule has 1 aromatic carbocycles. The van der Waals surface area contributed by atoms with Crippen molar-refractivity contribution in [2.24, 2.45) is 0 Å². The summed E-state index contributed by atoms with van der Waals surface area (Å²) in [4.78, 5) is 13.1. The molecule has 0 atom stereocenters. The highest BCUT2D eigenvalue weighted by atomic mass is 32.1. The largest absolute Gasteiger partial charge is 0.324 e. The Morgan fingerprint density at radius 3 is 2.58 bits per heavy atom. The maximum absolute atomic E-state index is 4.47. The van der Waals surface area contributed by atoms with Gasteiger partial charge in [-0.1, -0.05) is 18.2 Å². The zero-order chi connectivity index (χ0) is 13.1. The van der Waals surface area contributed by atoms with Gasteiger partial charge < -0.3 is 5.32 Å². The highest BCUT2D eigenvalue weighted by Crippen LogP contribution is 2.21. The molecule has 0 saturated heterocycles. The van der Waals surface area contributed by atoms with E-state index in [4.69, 9.17) is 0 Å². The van der Waals surface area contributed by atoms with Gasteiger partial charge in [-0.3, -0.25) is 0 Å². The first-order chi connectivity index (χ1) is 9.31. The van der Waals surface area contributed by atoms with Crippen LogP contribution in [0.15, 0.2) is 48.0 Å². The van der Waals surface area contributed by atoms with E-state index in [9.17, 15) is 0 Å². The molecule has 2 aromatic heterocycles. The number of nitrogens with one attached hydrogen (secondary N) is 1. The van der Waals surface area contributed by atoms with Crippen molar-refractivity contribution in [2.75, 3.05) is 5.32 Å². The first-order valence-electron chi connectivity index (χ1n) is 5.89. The van der Waals surface area contributed by atoms with Crippen LogP contribution >= 0.6 is 11.3 Å². The Labute approximate surface area is 115 Å². The number of benzene rings is 1. The fraction of sp³-hybridized carbons (Fsp3) is 0.0714. The molecule has 19 heavy (non-hydrogen) atoms. The number of hydrogen-bond donors (Lipinski definition) is 1. The van der Waals surface area contributed by atoms with Crippen molar-refractivity contribution in [3.05, 3.63) is 53.0 Å². The maximum Gasteiger partial charge on any atom is 0.227 e. The van der Waals surface area contributed by atoms with Crippen molar-refractivity contribution in [2.45, 2.75) is 6.92 Å². The molecule has 0 unspecified atom stereocenters. The quantitative estimate of drug-likeness (QED) is 0.787. The Bertz CT molecular complexity index is 679. The average molecular weight is 268 g/mol. The van der Waals surface area contributed by atoms with Crippen LogP contribution in [-0.4, -0.2) is 15.0 Å². The normalized spacial score (nSPS) is 10.4. The number of nitrogens with zero attached hydrogens (tertiary/aromatic N) is 3. The van der Waals surface area contributed by atoms with Gasteiger partial charge in [0, 0.05) is 17.3 Å². The van der Waals surface area contributed by atoms with E-state index in [1.165, 1.54) is 0 Å². The van der Waals surface area contributed by atoms with E-state index in [1.807, 2.05) is 48.7 Å². The Kier molecular flexibility index (Phi) is 3.20. The Hall–Kier alpha value is -2.27. The smallest absolute Gasteiger partial charge is 0.227 e. The molecule has 0 aliphatic heterocycles. The monoisotopic (exact) mass is 268 g/mol. The molecular formula is C14H12N4S. The minimum atomic E-state index is 0.578. The van der Waals surface area contributed by atoms with Crippen LogP contribution in [0.3, 0.4) is 0 Å². The highest BCUT2D eigenvalue weighted by molar-refractivity contribution is 7.09. The number of aryl methyl sites for hydroxylation is 1. The standard InChI is InChI=1S/C14H12N4S/c1-10-16-13(9-19-10)12-7-8-15-14(18-12)17-11-5-3-2-4-6-11/h2-9H,1H3,(H,15,17,18). The molecule has 0 aliphatic rings. The van der Waals surface area contributed by atoms with E-state index >= 15 is 0 Å². The summed E-state index contributed by atoms with van der Waals surface area (Å²) in [6.07, 6.45) is 1.74. The van der Waals surface area contributed by atoms with Gasteiger partial charge in [0.25, 0.3) is 0 Å². The SMILES string of the molecule is Cc1nc(-c2ccnc(Nc3ccccc3)n2)cs1. The number of hydrogen-bond acceptors (Lipinski definition) is 5. The maximum atomic E-state index is 4.47. The summed E-state index contributed by atoms with van der Waals surface area (Å²) in [5, 5.41) is 6.21. The molecule has 0 amide bonds. The van der Waals surface area contributed by atoms with Crippen LogP contribution in [0.2, 0.25) is 0 Å². The molecule has 0 spiro atoms. The molecule has 5 heteroatoms. The van der Waals surface area contributed by atoms with Gasteiger partial charge in [-0.2, -0.15) is 0 Å². The Morgan fingerprint density at radius 2 is 1.84 bits per heavy atom. The van der Waals surface area contributed by atoms with E-state index in [2.05, 4.69) is 20.3 Å². The predicted molar refractivity (Wildman–Crippen MR) is 77.6 cm³/mol. The zero-order valence-electron chi connectivity index (χ0n) is 10.4. The summed E-state index contributed by atoms with van der Waals surface area (Å²) in [7, 11) is 0. The van der Waals surface area contributed by atoms with E-state index < -0.39 is 0 Å². The number of aromatic nitrogens is 3. The third-order valence-electron chi connectivity index (χ3n) is 2.57. The third kappa shape index (κ3) is 2.77. The van der Waals surface area contributed by atoms with Crippen molar-refractivity contribution >= 4 is 23.0 Å². The fourth-order valence-electron chi connectivity index (χ4n) is 1.69. The van der Waals surface area contributed by atoms with Crippen LogP contribution in [-0.2, 0) is 0 Å². The molecule has 0 radical (unpaired) electrons. The van der Waals surface area contributed by atoms with Gasteiger partial charge in [0.1, 0.15) is 5.69 Å². The predicted octanol–water partition coefficient (Wildman–Crippen LogP) is 3.65. The Morgan fingerprint density at radius 1 is 1.00 bits per heavy atom. The van der Waals surface area contributed by atoms with Gasteiger partial charge in [0.15, 0.2) is 0 Å². The molecule has 3 rings (SSSR count). The average Bonchev–Trinajstić information content (AvgIpc) is 2.87. The number of rotatable bonds is 3.